The third-order valence-electron chi connectivity index (χ3n) is 4.78. The molecule has 1 aliphatic heterocycles. The zero-order chi connectivity index (χ0) is 18.7. The van der Waals surface area contributed by atoms with E-state index >= 15 is 0 Å². The molecule has 0 radical (unpaired) electrons. The summed E-state index contributed by atoms with van der Waals surface area (Å²) in [7, 11) is -3.54. The molecule has 2 heterocycles. The second kappa shape index (κ2) is 7.49. The van der Waals surface area contributed by atoms with Gasteiger partial charge in [0.1, 0.15) is 6.54 Å². The number of hydrogen-bond acceptors (Lipinski definition) is 4. The van der Waals surface area contributed by atoms with Crippen molar-refractivity contribution < 1.29 is 13.2 Å². The van der Waals surface area contributed by atoms with Crippen molar-refractivity contribution in [1.82, 2.24) is 15.1 Å². The monoisotopic (exact) mass is 376 g/mol. The Balaban J connectivity index is 1.67. The van der Waals surface area contributed by atoms with Gasteiger partial charge in [-0.15, -0.1) is 0 Å². The van der Waals surface area contributed by atoms with E-state index in [1.165, 1.54) is 4.31 Å². The molecule has 1 N–H and O–H groups in total. The van der Waals surface area contributed by atoms with E-state index in [4.69, 9.17) is 0 Å². The number of aromatic nitrogens is 2. The summed E-state index contributed by atoms with van der Waals surface area (Å²) in [6.45, 7) is 2.96. The molecule has 1 fully saturated rings. The number of anilines is 1. The Kier molecular flexibility index (Phi) is 5.31. The maximum Gasteiger partial charge on any atom is 0.243 e. The van der Waals surface area contributed by atoms with Gasteiger partial charge in [-0.25, -0.2) is 8.42 Å². The molecule has 0 aliphatic carbocycles. The van der Waals surface area contributed by atoms with Crippen molar-refractivity contribution in [1.29, 1.82) is 0 Å². The highest BCUT2D eigenvalue weighted by Crippen LogP contribution is 2.27. The van der Waals surface area contributed by atoms with Crippen LogP contribution in [0.4, 0.5) is 5.69 Å². The average molecular weight is 376 g/mol. The lowest BCUT2D eigenvalue weighted by Gasteiger charge is -2.33. The number of carbonyl (C=O) groups is 1. The number of nitrogens with zero attached hydrogens (tertiary/aromatic N) is 3. The molecule has 26 heavy (non-hydrogen) atoms. The second-order valence-electron chi connectivity index (χ2n) is 6.78. The number of sulfonamides is 1. The van der Waals surface area contributed by atoms with Gasteiger partial charge in [-0.05, 0) is 43.5 Å². The lowest BCUT2D eigenvalue weighted by Crippen LogP contribution is -2.45. The highest BCUT2D eigenvalue weighted by Gasteiger charge is 2.28. The Hall–Kier alpha value is -2.35. The Labute approximate surface area is 154 Å². The van der Waals surface area contributed by atoms with Crippen LogP contribution in [0.1, 0.15) is 30.0 Å². The van der Waals surface area contributed by atoms with E-state index in [0.29, 0.717) is 24.7 Å². The molecule has 1 amide bonds. The first-order valence-electron chi connectivity index (χ1n) is 8.66. The molecule has 0 atom stereocenters. The van der Waals surface area contributed by atoms with Gasteiger partial charge in [0.25, 0.3) is 0 Å². The van der Waals surface area contributed by atoms with E-state index in [9.17, 15) is 13.2 Å². The molecule has 2 aromatic rings. The zero-order valence-corrected chi connectivity index (χ0v) is 15.9. The van der Waals surface area contributed by atoms with Gasteiger partial charge in [0, 0.05) is 30.9 Å². The van der Waals surface area contributed by atoms with Crippen LogP contribution in [0.5, 0.6) is 0 Å². The molecule has 140 valence electrons. The van der Waals surface area contributed by atoms with Gasteiger partial charge in [0.05, 0.1) is 11.9 Å². The quantitative estimate of drug-likeness (QED) is 0.863. The first-order valence-corrected chi connectivity index (χ1v) is 10.5. The molecule has 1 aromatic carbocycles. The standard InChI is InChI=1S/C18H24N4O3S/c1-14-4-3-5-16(12-14)22(26(2,24)25)13-18(23)21-10-7-15(8-11-21)17-6-9-19-20-17/h3-6,9,12,15H,7-8,10-11,13H2,1-2H3,(H,19,20). The van der Waals surface area contributed by atoms with Crippen molar-refractivity contribution in [3.05, 3.63) is 47.8 Å². The van der Waals surface area contributed by atoms with Crippen LogP contribution in [0.2, 0.25) is 0 Å². The van der Waals surface area contributed by atoms with E-state index < -0.39 is 10.0 Å². The third kappa shape index (κ3) is 4.24. The summed E-state index contributed by atoms with van der Waals surface area (Å²) in [5, 5.41) is 6.97. The molecule has 0 unspecified atom stereocenters. The van der Waals surface area contributed by atoms with Crippen molar-refractivity contribution in [2.45, 2.75) is 25.7 Å². The minimum Gasteiger partial charge on any atom is -0.341 e. The maximum absolute atomic E-state index is 12.7. The Morgan fingerprint density at radius 1 is 1.31 bits per heavy atom. The number of amides is 1. The molecule has 1 aromatic heterocycles. The van der Waals surface area contributed by atoms with Crippen molar-refractivity contribution >= 4 is 21.6 Å². The maximum atomic E-state index is 12.7. The summed E-state index contributed by atoms with van der Waals surface area (Å²) in [6, 6.07) is 9.14. The molecule has 3 rings (SSSR count). The summed E-state index contributed by atoms with van der Waals surface area (Å²) in [5.41, 5.74) is 2.56. The fraction of sp³-hybridized carbons (Fsp3) is 0.444. The van der Waals surface area contributed by atoms with Gasteiger partial charge in [0.15, 0.2) is 0 Å². The van der Waals surface area contributed by atoms with E-state index in [-0.39, 0.29) is 12.5 Å². The molecule has 0 bridgehead atoms. The highest BCUT2D eigenvalue weighted by molar-refractivity contribution is 7.92. The fourth-order valence-corrected chi connectivity index (χ4v) is 4.18. The third-order valence-corrected chi connectivity index (χ3v) is 5.92. The second-order valence-corrected chi connectivity index (χ2v) is 8.68. The van der Waals surface area contributed by atoms with Gasteiger partial charge in [0.2, 0.25) is 15.9 Å². The predicted molar refractivity (Wildman–Crippen MR) is 101 cm³/mol. The minimum absolute atomic E-state index is 0.167. The van der Waals surface area contributed by atoms with Crippen molar-refractivity contribution in [3.8, 4) is 0 Å². The Morgan fingerprint density at radius 2 is 2.04 bits per heavy atom. The molecule has 1 aliphatic rings. The lowest BCUT2D eigenvalue weighted by atomic mass is 9.94. The number of nitrogens with one attached hydrogen (secondary N) is 1. The van der Waals surface area contributed by atoms with Gasteiger partial charge >= 0.3 is 0 Å². The Bertz CT molecular complexity index is 856. The Morgan fingerprint density at radius 3 is 2.62 bits per heavy atom. The number of benzene rings is 1. The minimum atomic E-state index is -3.54. The molecule has 7 nitrogen and oxygen atoms in total. The van der Waals surface area contributed by atoms with Crippen LogP contribution in [-0.2, 0) is 14.8 Å². The SMILES string of the molecule is Cc1cccc(N(CC(=O)N2CCC(c3ccn[nH]3)CC2)S(C)(=O)=O)c1. The number of likely N-dealkylation sites (tertiary alicyclic amines) is 1. The van der Waals surface area contributed by atoms with E-state index in [1.807, 2.05) is 19.1 Å². The lowest BCUT2D eigenvalue weighted by molar-refractivity contribution is -0.130. The number of H-pyrrole nitrogens is 1. The van der Waals surface area contributed by atoms with Crippen LogP contribution in [0, 0.1) is 6.92 Å². The zero-order valence-electron chi connectivity index (χ0n) is 15.1. The number of rotatable bonds is 5. The van der Waals surface area contributed by atoms with E-state index in [0.717, 1.165) is 30.4 Å². The van der Waals surface area contributed by atoms with Crippen molar-refractivity contribution in [3.63, 3.8) is 0 Å². The summed E-state index contributed by atoms with van der Waals surface area (Å²) in [6.07, 6.45) is 4.56. The van der Waals surface area contributed by atoms with Gasteiger partial charge in [-0.2, -0.15) is 5.10 Å². The van der Waals surface area contributed by atoms with Crippen molar-refractivity contribution in [2.24, 2.45) is 0 Å². The predicted octanol–water partition coefficient (Wildman–Crippen LogP) is 1.89. The van der Waals surface area contributed by atoms with Gasteiger partial charge in [-0.1, -0.05) is 12.1 Å². The van der Waals surface area contributed by atoms with Crippen molar-refractivity contribution in [2.75, 3.05) is 30.2 Å². The number of hydrogen-bond donors (Lipinski definition) is 1. The molecule has 0 saturated carbocycles. The molecular weight excluding hydrogens is 352 g/mol. The van der Waals surface area contributed by atoms with Crippen LogP contribution in [0.25, 0.3) is 0 Å². The van der Waals surface area contributed by atoms with Crippen LogP contribution < -0.4 is 4.31 Å². The van der Waals surface area contributed by atoms with Crippen LogP contribution in [-0.4, -0.2) is 55.3 Å². The van der Waals surface area contributed by atoms with Gasteiger partial charge < -0.3 is 4.90 Å². The molecule has 1 saturated heterocycles. The molecule has 0 spiro atoms. The summed E-state index contributed by atoms with van der Waals surface area (Å²) >= 11 is 0. The summed E-state index contributed by atoms with van der Waals surface area (Å²) in [4.78, 5) is 14.5. The topological polar surface area (TPSA) is 86.4 Å². The smallest absolute Gasteiger partial charge is 0.243 e. The van der Waals surface area contributed by atoms with Gasteiger partial charge in [-0.3, -0.25) is 14.2 Å². The number of carbonyl (C=O) groups excluding carboxylic acids is 1. The highest BCUT2D eigenvalue weighted by atomic mass is 32.2. The van der Waals surface area contributed by atoms with E-state index in [1.54, 1.807) is 29.3 Å². The number of aromatic amines is 1. The molecular formula is C18H24N4O3S. The fourth-order valence-electron chi connectivity index (χ4n) is 3.34. The average Bonchev–Trinajstić information content (AvgIpc) is 3.13. The van der Waals surface area contributed by atoms with Crippen LogP contribution in [0.3, 0.4) is 0 Å². The normalized spacial score (nSPS) is 15.8. The number of aryl methyl sites for hydroxylation is 1. The first kappa shape index (κ1) is 18.4. The van der Waals surface area contributed by atoms with Crippen LogP contribution >= 0.6 is 0 Å². The molecule has 8 heteroatoms. The summed E-state index contributed by atoms with van der Waals surface area (Å²) < 4.78 is 25.6. The first-order chi connectivity index (χ1) is 12.3. The summed E-state index contributed by atoms with van der Waals surface area (Å²) in [5.74, 6) is 0.198. The van der Waals surface area contributed by atoms with Crippen LogP contribution in [0.15, 0.2) is 36.5 Å². The number of piperidine rings is 1. The largest absolute Gasteiger partial charge is 0.341 e. The van der Waals surface area contributed by atoms with E-state index in [2.05, 4.69) is 10.2 Å².